The van der Waals surface area contributed by atoms with E-state index in [1.807, 2.05) is 32.0 Å². The van der Waals surface area contributed by atoms with Crippen LogP contribution in [0.1, 0.15) is 33.6 Å². The van der Waals surface area contributed by atoms with Crippen LogP contribution in [-0.2, 0) is 4.74 Å². The Morgan fingerprint density at radius 2 is 2.05 bits per heavy atom. The van der Waals surface area contributed by atoms with Crippen LogP contribution in [0, 0.1) is 0 Å². The van der Waals surface area contributed by atoms with Crippen molar-refractivity contribution in [3.05, 3.63) is 18.2 Å². The maximum Gasteiger partial charge on any atom is 0.144 e. The van der Waals surface area contributed by atoms with E-state index in [0.29, 0.717) is 5.69 Å². The first kappa shape index (κ1) is 15.6. The topological polar surface area (TPSA) is 56.5 Å². The van der Waals surface area contributed by atoms with E-state index in [-0.39, 0.29) is 6.10 Å². The van der Waals surface area contributed by atoms with Crippen molar-refractivity contribution in [1.82, 2.24) is 0 Å². The van der Waals surface area contributed by atoms with Crippen LogP contribution in [0.3, 0.4) is 0 Å². The van der Waals surface area contributed by atoms with Gasteiger partial charge in [-0.3, -0.25) is 0 Å². The van der Waals surface area contributed by atoms with Crippen LogP contribution >= 0.6 is 0 Å². The molecule has 19 heavy (non-hydrogen) atoms. The van der Waals surface area contributed by atoms with E-state index in [1.54, 1.807) is 0 Å². The Balaban J connectivity index is 2.37. The smallest absolute Gasteiger partial charge is 0.144 e. The lowest BCUT2D eigenvalue weighted by molar-refractivity contribution is 0.134. The van der Waals surface area contributed by atoms with Crippen molar-refractivity contribution in [2.75, 3.05) is 30.8 Å². The Hall–Kier alpha value is -1.42. The Morgan fingerprint density at radius 3 is 2.74 bits per heavy atom. The van der Waals surface area contributed by atoms with Crippen molar-refractivity contribution in [2.45, 2.75) is 39.7 Å². The molecular weight excluding hydrogens is 240 g/mol. The summed E-state index contributed by atoms with van der Waals surface area (Å²) in [7, 11) is 0. The highest BCUT2D eigenvalue weighted by Crippen LogP contribution is 2.26. The summed E-state index contributed by atoms with van der Waals surface area (Å²) in [4.78, 5) is 0. The van der Waals surface area contributed by atoms with E-state index in [9.17, 15) is 0 Å². The third-order valence-electron chi connectivity index (χ3n) is 2.52. The molecule has 108 valence electrons. The third-order valence-corrected chi connectivity index (χ3v) is 2.52. The second kappa shape index (κ2) is 8.64. The maximum absolute atomic E-state index is 5.87. The van der Waals surface area contributed by atoms with E-state index in [2.05, 4.69) is 12.2 Å². The Bertz CT molecular complexity index is 367. The van der Waals surface area contributed by atoms with Gasteiger partial charge < -0.3 is 20.5 Å². The third kappa shape index (κ3) is 6.34. The molecule has 1 aromatic rings. The summed E-state index contributed by atoms with van der Waals surface area (Å²) in [5.74, 6) is 0.738. The minimum Gasteiger partial charge on any atom is -0.489 e. The molecule has 0 fully saturated rings. The van der Waals surface area contributed by atoms with E-state index in [0.717, 1.165) is 44.0 Å². The quantitative estimate of drug-likeness (QED) is 0.532. The van der Waals surface area contributed by atoms with Crippen molar-refractivity contribution < 1.29 is 9.47 Å². The molecule has 4 nitrogen and oxygen atoms in total. The molecule has 0 bridgehead atoms. The summed E-state index contributed by atoms with van der Waals surface area (Å²) in [6.45, 7) is 8.62. The Morgan fingerprint density at radius 1 is 1.26 bits per heavy atom. The molecular formula is C15H26N2O2. The van der Waals surface area contributed by atoms with E-state index in [4.69, 9.17) is 15.2 Å². The lowest BCUT2D eigenvalue weighted by Crippen LogP contribution is -2.09. The number of nitrogen functional groups attached to an aromatic ring is 1. The summed E-state index contributed by atoms with van der Waals surface area (Å²) < 4.78 is 11.1. The van der Waals surface area contributed by atoms with Crippen LogP contribution in [0.15, 0.2) is 18.2 Å². The number of ether oxygens (including phenoxy) is 2. The van der Waals surface area contributed by atoms with Crippen molar-refractivity contribution in [2.24, 2.45) is 0 Å². The molecule has 0 amide bonds. The van der Waals surface area contributed by atoms with Crippen LogP contribution in [0.25, 0.3) is 0 Å². The molecule has 0 atom stereocenters. The first-order chi connectivity index (χ1) is 9.13. The van der Waals surface area contributed by atoms with Gasteiger partial charge in [-0.05, 0) is 38.8 Å². The van der Waals surface area contributed by atoms with Crippen LogP contribution in [0.5, 0.6) is 5.75 Å². The molecule has 0 heterocycles. The summed E-state index contributed by atoms with van der Waals surface area (Å²) in [6.07, 6.45) is 2.19. The molecule has 1 rings (SSSR count). The SMILES string of the molecule is CCCOCCCNc1ccc(N)c(OC(C)C)c1. The molecule has 0 aliphatic rings. The van der Waals surface area contributed by atoms with Gasteiger partial charge in [-0.25, -0.2) is 0 Å². The Labute approximate surface area is 116 Å². The molecule has 1 aromatic carbocycles. The number of nitrogens with two attached hydrogens (primary N) is 1. The normalized spacial score (nSPS) is 10.7. The molecule has 0 aromatic heterocycles. The number of anilines is 2. The van der Waals surface area contributed by atoms with Crippen LogP contribution in [0.2, 0.25) is 0 Å². The van der Waals surface area contributed by atoms with E-state index >= 15 is 0 Å². The second-order valence-corrected chi connectivity index (χ2v) is 4.81. The zero-order valence-corrected chi connectivity index (χ0v) is 12.2. The molecule has 0 spiro atoms. The standard InChI is InChI=1S/C15H26N2O2/c1-4-9-18-10-5-8-17-13-6-7-14(16)15(11-13)19-12(2)3/h6-7,11-12,17H,4-5,8-10,16H2,1-3H3. The molecule has 0 saturated heterocycles. The van der Waals surface area contributed by atoms with Gasteiger partial charge >= 0.3 is 0 Å². The molecule has 0 saturated carbocycles. The van der Waals surface area contributed by atoms with Crippen molar-refractivity contribution >= 4 is 11.4 Å². The fourth-order valence-corrected chi connectivity index (χ4v) is 1.65. The number of rotatable bonds is 9. The van der Waals surface area contributed by atoms with Gasteiger partial charge in [-0.2, -0.15) is 0 Å². The van der Waals surface area contributed by atoms with E-state index < -0.39 is 0 Å². The minimum atomic E-state index is 0.125. The highest BCUT2D eigenvalue weighted by atomic mass is 16.5. The van der Waals surface area contributed by atoms with Gasteiger partial charge in [0.15, 0.2) is 0 Å². The molecule has 0 unspecified atom stereocenters. The van der Waals surface area contributed by atoms with Crippen LogP contribution < -0.4 is 15.8 Å². The summed E-state index contributed by atoms with van der Waals surface area (Å²) in [5.41, 5.74) is 7.57. The molecule has 3 N–H and O–H groups in total. The van der Waals surface area contributed by atoms with E-state index in [1.165, 1.54) is 0 Å². The summed E-state index contributed by atoms with van der Waals surface area (Å²) in [5, 5.41) is 3.35. The molecule has 0 aliphatic carbocycles. The van der Waals surface area contributed by atoms with Crippen LogP contribution in [-0.4, -0.2) is 25.9 Å². The van der Waals surface area contributed by atoms with Gasteiger partial charge in [0.05, 0.1) is 11.8 Å². The maximum atomic E-state index is 5.87. The predicted octanol–water partition coefficient (Wildman–Crippen LogP) is 3.28. The van der Waals surface area contributed by atoms with Crippen molar-refractivity contribution in [1.29, 1.82) is 0 Å². The van der Waals surface area contributed by atoms with Gasteiger partial charge in [-0.15, -0.1) is 0 Å². The van der Waals surface area contributed by atoms with Gasteiger partial charge in [0.25, 0.3) is 0 Å². The predicted molar refractivity (Wildman–Crippen MR) is 80.8 cm³/mol. The average Bonchev–Trinajstić information content (AvgIpc) is 2.37. The van der Waals surface area contributed by atoms with Crippen LogP contribution in [0.4, 0.5) is 11.4 Å². The lowest BCUT2D eigenvalue weighted by atomic mass is 10.2. The van der Waals surface area contributed by atoms with Gasteiger partial charge in [-0.1, -0.05) is 6.92 Å². The minimum absolute atomic E-state index is 0.125. The molecule has 0 aliphatic heterocycles. The van der Waals surface area contributed by atoms with Gasteiger partial charge in [0.2, 0.25) is 0 Å². The lowest BCUT2D eigenvalue weighted by Gasteiger charge is -2.14. The summed E-state index contributed by atoms with van der Waals surface area (Å²) >= 11 is 0. The van der Waals surface area contributed by atoms with Crippen molar-refractivity contribution in [3.8, 4) is 5.75 Å². The first-order valence-electron chi connectivity index (χ1n) is 7.01. The number of hydrogen-bond donors (Lipinski definition) is 2. The fourth-order valence-electron chi connectivity index (χ4n) is 1.65. The van der Waals surface area contributed by atoms with Crippen molar-refractivity contribution in [3.63, 3.8) is 0 Å². The second-order valence-electron chi connectivity index (χ2n) is 4.81. The Kier molecular flexibility index (Phi) is 7.11. The van der Waals surface area contributed by atoms with Gasteiger partial charge in [0.1, 0.15) is 5.75 Å². The number of nitrogens with one attached hydrogen (secondary N) is 1. The highest BCUT2D eigenvalue weighted by Gasteiger charge is 2.04. The average molecular weight is 266 g/mol. The highest BCUT2D eigenvalue weighted by molar-refractivity contribution is 5.61. The summed E-state index contributed by atoms with van der Waals surface area (Å²) in [6, 6.07) is 5.78. The fraction of sp³-hybridized carbons (Fsp3) is 0.600. The largest absolute Gasteiger partial charge is 0.489 e. The molecule has 4 heteroatoms. The molecule has 0 radical (unpaired) electrons. The van der Waals surface area contributed by atoms with Gasteiger partial charge in [0, 0.05) is 31.5 Å². The first-order valence-corrected chi connectivity index (χ1v) is 7.01. The number of hydrogen-bond acceptors (Lipinski definition) is 4. The monoisotopic (exact) mass is 266 g/mol. The zero-order valence-electron chi connectivity index (χ0n) is 12.2. The number of benzene rings is 1. The zero-order chi connectivity index (χ0) is 14.1.